The number of hydrogen-bond acceptors (Lipinski definition) is 7. The molecule has 0 bridgehead atoms. The summed E-state index contributed by atoms with van der Waals surface area (Å²) in [5.41, 5.74) is 0. The van der Waals surface area contributed by atoms with Crippen LogP contribution < -0.4 is 0 Å². The summed E-state index contributed by atoms with van der Waals surface area (Å²) < 4.78 is 36.9. The van der Waals surface area contributed by atoms with Crippen LogP contribution in [0.5, 0.6) is 0 Å². The highest BCUT2D eigenvalue weighted by Crippen LogP contribution is 2.14. The van der Waals surface area contributed by atoms with Crippen molar-refractivity contribution in [3.8, 4) is 0 Å². The molecule has 20 heavy (non-hydrogen) atoms. The van der Waals surface area contributed by atoms with Gasteiger partial charge in [0.2, 0.25) is 0 Å². The predicted octanol–water partition coefficient (Wildman–Crippen LogP) is 1.00. The fourth-order valence-corrected chi connectivity index (χ4v) is 3.79. The van der Waals surface area contributed by atoms with E-state index in [0.717, 1.165) is 3.71 Å². The summed E-state index contributed by atoms with van der Waals surface area (Å²) in [6.07, 6.45) is 0.753. The Morgan fingerprint density at radius 3 is 2.40 bits per heavy atom. The van der Waals surface area contributed by atoms with Crippen LogP contribution in [0, 0.1) is 0 Å². The molecule has 0 aliphatic rings. The molecule has 1 amide bonds. The first-order valence-corrected chi connectivity index (χ1v) is 9.56. The van der Waals surface area contributed by atoms with Crippen molar-refractivity contribution in [2.24, 2.45) is 5.16 Å². The van der Waals surface area contributed by atoms with Crippen LogP contribution in [0.2, 0.25) is 0 Å². The lowest BCUT2D eigenvalue weighted by atomic mass is 10.8. The van der Waals surface area contributed by atoms with E-state index in [1.807, 2.05) is 0 Å². The second-order valence-electron chi connectivity index (χ2n) is 3.42. The Morgan fingerprint density at radius 2 is 2.00 bits per heavy atom. The third-order valence-electron chi connectivity index (χ3n) is 2.15. The molecule has 0 saturated carbocycles. The third-order valence-corrected chi connectivity index (χ3v) is 6.71. The molecule has 0 aliphatic heterocycles. The summed E-state index contributed by atoms with van der Waals surface area (Å²) in [5, 5.41) is 4.01. The average Bonchev–Trinajstić information content (AvgIpc) is 2.43. The number of oxime groups is 1. The van der Waals surface area contributed by atoms with Gasteiger partial charge in [-0.1, -0.05) is 5.16 Å². The molecule has 1 atom stereocenters. The molecule has 118 valence electrons. The Morgan fingerprint density at radius 1 is 1.45 bits per heavy atom. The van der Waals surface area contributed by atoms with E-state index >= 15 is 0 Å². The molecule has 1 unspecified atom stereocenters. The van der Waals surface area contributed by atoms with E-state index in [1.54, 1.807) is 13.2 Å². The maximum absolute atomic E-state index is 12.1. The summed E-state index contributed by atoms with van der Waals surface area (Å²) >= 11 is -0.913. The summed E-state index contributed by atoms with van der Waals surface area (Å²) in [4.78, 5) is 16.2. The molecule has 0 N–H and O–H groups in total. The van der Waals surface area contributed by atoms with E-state index < -0.39 is 27.7 Å². The number of amides is 1. The molecular weight excluding hydrogens is 326 g/mol. The van der Waals surface area contributed by atoms with Gasteiger partial charge in [-0.25, -0.2) is 13.2 Å². The molecule has 0 aromatic carbocycles. The Balaban J connectivity index is 4.91. The van der Waals surface area contributed by atoms with Crippen LogP contribution in [-0.2, 0) is 26.4 Å². The summed E-state index contributed by atoms with van der Waals surface area (Å²) in [5.74, 6) is -0.209. The van der Waals surface area contributed by atoms with Crippen molar-refractivity contribution < 1.29 is 22.6 Å². The van der Waals surface area contributed by atoms with Crippen molar-refractivity contribution in [2.45, 2.75) is 20.8 Å². The molecule has 8 nitrogen and oxygen atoms in total. The molecular formula is C9H19N3O5S3. The van der Waals surface area contributed by atoms with Gasteiger partial charge in [-0.3, -0.25) is 4.84 Å². The van der Waals surface area contributed by atoms with Gasteiger partial charge in [0.15, 0.2) is 11.5 Å². The molecule has 0 fully saturated rings. The number of hydrogen-bond donors (Lipinski definition) is 0. The van der Waals surface area contributed by atoms with E-state index in [9.17, 15) is 17.8 Å². The second-order valence-corrected chi connectivity index (χ2v) is 8.28. The van der Waals surface area contributed by atoms with Crippen molar-refractivity contribution >= 4 is 44.5 Å². The number of thioether (sulfide) groups is 1. The van der Waals surface area contributed by atoms with E-state index in [4.69, 9.17) is 0 Å². The number of sulfonamides is 1. The van der Waals surface area contributed by atoms with Gasteiger partial charge in [-0.05, 0) is 27.0 Å². The molecule has 0 aliphatic carbocycles. The summed E-state index contributed by atoms with van der Waals surface area (Å²) in [6.45, 7) is 4.57. The van der Waals surface area contributed by atoms with Gasteiger partial charge in [-0.15, -0.1) is 16.1 Å². The van der Waals surface area contributed by atoms with Gasteiger partial charge in [0.05, 0.1) is 19.3 Å². The van der Waals surface area contributed by atoms with Crippen molar-refractivity contribution in [1.29, 1.82) is 0 Å². The fourth-order valence-electron chi connectivity index (χ4n) is 0.947. The van der Waals surface area contributed by atoms with E-state index in [0.29, 0.717) is 9.35 Å². The van der Waals surface area contributed by atoms with Crippen LogP contribution in [0.25, 0.3) is 0 Å². The smallest absolute Gasteiger partial charge is 0.479 e. The number of carbonyl (C=O) groups excluding carboxylic acids is 1. The van der Waals surface area contributed by atoms with Crippen LogP contribution in [0.3, 0.4) is 0 Å². The standard InChI is InChI=1S/C9H19N3O5S3/c1-6-12(20(15,16)7-2)19(14)11(4)9(13)17-10-8(3)18-5/h6-7H2,1-5H3. The van der Waals surface area contributed by atoms with Crippen molar-refractivity contribution in [2.75, 3.05) is 25.6 Å². The van der Waals surface area contributed by atoms with Crippen molar-refractivity contribution in [3.05, 3.63) is 0 Å². The van der Waals surface area contributed by atoms with Gasteiger partial charge < -0.3 is 4.55 Å². The number of nitrogens with zero attached hydrogens (tertiary/aromatic N) is 3. The van der Waals surface area contributed by atoms with E-state index in [-0.39, 0.29) is 12.3 Å². The largest absolute Gasteiger partial charge is 0.572 e. The van der Waals surface area contributed by atoms with Crippen LogP contribution in [0.4, 0.5) is 4.79 Å². The van der Waals surface area contributed by atoms with Crippen LogP contribution in [0.1, 0.15) is 20.8 Å². The number of carbonyl (C=O) groups is 1. The highest BCUT2D eigenvalue weighted by Gasteiger charge is 2.37. The predicted molar refractivity (Wildman–Crippen MR) is 80.9 cm³/mol. The maximum Gasteiger partial charge on any atom is 0.479 e. The van der Waals surface area contributed by atoms with Gasteiger partial charge in [-0.2, -0.15) is 0 Å². The Labute approximate surface area is 127 Å². The molecule has 11 heteroatoms. The van der Waals surface area contributed by atoms with Crippen molar-refractivity contribution in [3.63, 3.8) is 0 Å². The molecule has 0 radical (unpaired) electrons. The molecule has 0 rings (SSSR count). The van der Waals surface area contributed by atoms with E-state index in [1.165, 1.54) is 32.7 Å². The lowest BCUT2D eigenvalue weighted by Crippen LogP contribution is -2.47. The van der Waals surface area contributed by atoms with Crippen LogP contribution in [-0.4, -0.2) is 57.7 Å². The van der Waals surface area contributed by atoms with Gasteiger partial charge >= 0.3 is 6.09 Å². The highest BCUT2D eigenvalue weighted by molar-refractivity contribution is 8.13. The Hall–Kier alpha value is -0.490. The third kappa shape index (κ3) is 5.48. The lowest BCUT2D eigenvalue weighted by molar-refractivity contribution is 0.134. The van der Waals surface area contributed by atoms with E-state index in [2.05, 4.69) is 9.99 Å². The summed E-state index contributed by atoms with van der Waals surface area (Å²) in [7, 11) is -2.50. The zero-order chi connectivity index (χ0) is 15.9. The molecule has 0 saturated heterocycles. The van der Waals surface area contributed by atoms with Crippen LogP contribution in [0.15, 0.2) is 5.16 Å². The lowest BCUT2D eigenvalue weighted by Gasteiger charge is -2.25. The summed E-state index contributed by atoms with van der Waals surface area (Å²) in [6, 6.07) is 0. The quantitative estimate of drug-likeness (QED) is 0.234. The second kappa shape index (κ2) is 8.72. The maximum atomic E-state index is 12.1. The van der Waals surface area contributed by atoms with Crippen molar-refractivity contribution in [1.82, 2.24) is 8.02 Å². The monoisotopic (exact) mass is 345 g/mol. The normalized spacial score (nSPS) is 14.2. The SMILES string of the molecule is CCN([S+]([O-])N(C)C(=O)ON=C(C)SC)S(=O)(=O)CC. The van der Waals surface area contributed by atoms with Crippen LogP contribution >= 0.6 is 11.8 Å². The first-order chi connectivity index (χ1) is 9.21. The fraction of sp³-hybridized carbons (Fsp3) is 0.778. The molecule has 0 aromatic heterocycles. The topological polar surface area (TPSA) is 102 Å². The minimum Gasteiger partial charge on any atom is -0.572 e. The van der Waals surface area contributed by atoms with Gasteiger partial charge in [0.25, 0.3) is 10.0 Å². The zero-order valence-electron chi connectivity index (χ0n) is 12.0. The van der Waals surface area contributed by atoms with Gasteiger partial charge in [0, 0.05) is 3.71 Å². The Bertz CT molecular complexity index is 454. The highest BCUT2D eigenvalue weighted by atomic mass is 32.3. The minimum absolute atomic E-state index is 0.0203. The first-order valence-electron chi connectivity index (χ1n) is 5.66. The molecule has 0 aromatic rings. The number of rotatable bonds is 6. The minimum atomic E-state index is -3.68. The zero-order valence-corrected chi connectivity index (χ0v) is 14.5. The first kappa shape index (κ1) is 19.5. The average molecular weight is 345 g/mol. The van der Waals surface area contributed by atoms with Gasteiger partial charge in [0.1, 0.15) is 5.04 Å². The molecule has 0 spiro atoms. The Kier molecular flexibility index (Phi) is 8.51. The molecule has 0 heterocycles.